The van der Waals surface area contributed by atoms with E-state index in [-0.39, 0.29) is 22.8 Å². The summed E-state index contributed by atoms with van der Waals surface area (Å²) in [6.07, 6.45) is -3.13. The zero-order chi connectivity index (χ0) is 25.7. The standard InChI is InChI=1S/C26H23F3N2O5/c1-34-20-7-5-17(6-8-20)24(32)30-22(25(33)31-11-13-35-14-12-31)16-21-9-10-23(36-21)18-3-2-4-19(15-18)26(27,28)29/h2-10,15-16H,11-14H2,1H3,(H,30,32). The van der Waals surface area contributed by atoms with Crippen molar-refractivity contribution >= 4 is 17.9 Å². The molecule has 10 heteroatoms. The largest absolute Gasteiger partial charge is 0.497 e. The molecule has 0 unspecified atom stereocenters. The van der Waals surface area contributed by atoms with Crippen LogP contribution in [0, 0.1) is 0 Å². The summed E-state index contributed by atoms with van der Waals surface area (Å²) < 4.78 is 55.4. The third-order valence-corrected chi connectivity index (χ3v) is 5.52. The molecule has 0 saturated carbocycles. The molecule has 1 saturated heterocycles. The summed E-state index contributed by atoms with van der Waals surface area (Å²) in [5.74, 6) is -0.00202. The number of halogens is 3. The van der Waals surface area contributed by atoms with Crippen LogP contribution >= 0.6 is 0 Å². The van der Waals surface area contributed by atoms with Crippen molar-refractivity contribution in [1.82, 2.24) is 10.2 Å². The second kappa shape index (κ2) is 10.7. The molecular weight excluding hydrogens is 477 g/mol. The van der Waals surface area contributed by atoms with Crippen LogP contribution in [0.1, 0.15) is 21.7 Å². The molecule has 1 N–H and O–H groups in total. The summed E-state index contributed by atoms with van der Waals surface area (Å²) in [7, 11) is 1.51. The Kier molecular flexibility index (Phi) is 7.44. The zero-order valence-corrected chi connectivity index (χ0v) is 19.3. The average Bonchev–Trinajstić information content (AvgIpc) is 3.36. The molecule has 0 spiro atoms. The fraction of sp³-hybridized carbons (Fsp3) is 0.231. The number of ether oxygens (including phenoxy) is 2. The van der Waals surface area contributed by atoms with Crippen molar-refractivity contribution in [3.63, 3.8) is 0 Å². The van der Waals surface area contributed by atoms with Gasteiger partial charge in [0.25, 0.3) is 11.8 Å². The summed E-state index contributed by atoms with van der Waals surface area (Å²) in [5.41, 5.74) is -0.306. The Morgan fingerprint density at radius 3 is 2.42 bits per heavy atom. The van der Waals surface area contributed by atoms with E-state index in [1.807, 2.05) is 0 Å². The number of amides is 2. The Morgan fingerprint density at radius 2 is 1.75 bits per heavy atom. The lowest BCUT2D eigenvalue weighted by molar-refractivity contribution is -0.137. The van der Waals surface area contributed by atoms with Crippen LogP contribution < -0.4 is 10.1 Å². The van der Waals surface area contributed by atoms with Gasteiger partial charge in [0.2, 0.25) is 0 Å². The van der Waals surface area contributed by atoms with Gasteiger partial charge in [0.1, 0.15) is 23.0 Å². The predicted molar refractivity (Wildman–Crippen MR) is 125 cm³/mol. The first kappa shape index (κ1) is 25.1. The second-order valence-electron chi connectivity index (χ2n) is 7.93. The number of morpholine rings is 1. The molecule has 1 aromatic heterocycles. The van der Waals surface area contributed by atoms with Gasteiger partial charge >= 0.3 is 6.18 Å². The van der Waals surface area contributed by atoms with Crippen LogP contribution in [-0.4, -0.2) is 50.1 Å². The van der Waals surface area contributed by atoms with E-state index in [9.17, 15) is 22.8 Å². The molecule has 0 radical (unpaired) electrons. The number of hydrogen-bond donors (Lipinski definition) is 1. The lowest BCUT2D eigenvalue weighted by atomic mass is 10.1. The molecule has 0 atom stereocenters. The number of hydrogen-bond acceptors (Lipinski definition) is 5. The van der Waals surface area contributed by atoms with Gasteiger partial charge in [0.15, 0.2) is 0 Å². The van der Waals surface area contributed by atoms with Gasteiger partial charge < -0.3 is 24.1 Å². The number of carbonyl (C=O) groups excluding carboxylic acids is 2. The number of rotatable bonds is 6. The van der Waals surface area contributed by atoms with E-state index in [0.717, 1.165) is 12.1 Å². The van der Waals surface area contributed by atoms with Gasteiger partial charge in [-0.15, -0.1) is 0 Å². The van der Waals surface area contributed by atoms with Crippen LogP contribution in [0.15, 0.2) is 70.8 Å². The summed E-state index contributed by atoms with van der Waals surface area (Å²) in [5, 5.41) is 2.63. The van der Waals surface area contributed by atoms with Crippen molar-refractivity contribution in [3.05, 3.63) is 83.2 Å². The van der Waals surface area contributed by atoms with Gasteiger partial charge in [0.05, 0.1) is 25.9 Å². The highest BCUT2D eigenvalue weighted by atomic mass is 19.4. The van der Waals surface area contributed by atoms with Gasteiger partial charge in [-0.05, 0) is 48.5 Å². The molecule has 188 valence electrons. The summed E-state index contributed by atoms with van der Waals surface area (Å²) in [4.78, 5) is 27.6. The van der Waals surface area contributed by atoms with E-state index in [2.05, 4.69) is 5.32 Å². The Bertz CT molecular complexity index is 1260. The number of nitrogens with zero attached hydrogens (tertiary/aromatic N) is 1. The Labute approximate surface area is 205 Å². The summed E-state index contributed by atoms with van der Waals surface area (Å²) in [6, 6.07) is 14.1. The SMILES string of the molecule is COc1ccc(C(=O)NC(=Cc2ccc(-c3cccc(C(F)(F)F)c3)o2)C(=O)N2CCOCC2)cc1. The molecule has 0 aliphatic carbocycles. The number of nitrogens with one attached hydrogen (secondary N) is 1. The van der Waals surface area contributed by atoms with Crippen LogP contribution in [-0.2, 0) is 15.7 Å². The van der Waals surface area contributed by atoms with Gasteiger partial charge in [0, 0.05) is 30.3 Å². The zero-order valence-electron chi connectivity index (χ0n) is 19.3. The van der Waals surface area contributed by atoms with Gasteiger partial charge in [-0.1, -0.05) is 12.1 Å². The van der Waals surface area contributed by atoms with E-state index in [1.54, 1.807) is 29.2 Å². The predicted octanol–water partition coefficient (Wildman–Crippen LogP) is 4.60. The van der Waals surface area contributed by atoms with Gasteiger partial charge in [-0.3, -0.25) is 9.59 Å². The fourth-order valence-corrected chi connectivity index (χ4v) is 3.60. The first-order valence-corrected chi connectivity index (χ1v) is 11.1. The summed E-state index contributed by atoms with van der Waals surface area (Å²) >= 11 is 0. The number of alkyl halides is 3. The fourth-order valence-electron chi connectivity index (χ4n) is 3.60. The lowest BCUT2D eigenvalue weighted by Gasteiger charge is -2.27. The minimum atomic E-state index is -4.49. The van der Waals surface area contributed by atoms with Crippen LogP contribution in [0.3, 0.4) is 0 Å². The average molecular weight is 500 g/mol. The Hall–Kier alpha value is -4.05. The van der Waals surface area contributed by atoms with E-state index < -0.39 is 23.6 Å². The highest BCUT2D eigenvalue weighted by Gasteiger charge is 2.30. The maximum atomic E-state index is 13.2. The van der Waals surface area contributed by atoms with E-state index in [4.69, 9.17) is 13.9 Å². The van der Waals surface area contributed by atoms with E-state index in [0.29, 0.717) is 37.6 Å². The summed E-state index contributed by atoms with van der Waals surface area (Å²) in [6.45, 7) is 1.43. The molecule has 7 nitrogen and oxygen atoms in total. The molecule has 0 bridgehead atoms. The monoisotopic (exact) mass is 500 g/mol. The van der Waals surface area contributed by atoms with E-state index in [1.165, 1.54) is 37.5 Å². The molecular formula is C26H23F3N2O5. The van der Waals surface area contributed by atoms with Crippen LogP contribution in [0.25, 0.3) is 17.4 Å². The molecule has 1 fully saturated rings. The molecule has 1 aliphatic rings. The molecule has 2 aromatic carbocycles. The first-order chi connectivity index (χ1) is 17.2. The van der Waals surface area contributed by atoms with Crippen molar-refractivity contribution in [1.29, 1.82) is 0 Å². The van der Waals surface area contributed by atoms with Crippen molar-refractivity contribution in [2.75, 3.05) is 33.4 Å². The quantitative estimate of drug-likeness (QED) is 0.501. The normalized spacial score (nSPS) is 14.4. The topological polar surface area (TPSA) is 81.0 Å². The number of methoxy groups -OCH3 is 1. The van der Waals surface area contributed by atoms with Crippen molar-refractivity contribution in [3.8, 4) is 17.1 Å². The maximum absolute atomic E-state index is 13.2. The molecule has 36 heavy (non-hydrogen) atoms. The number of benzene rings is 2. The third kappa shape index (κ3) is 5.95. The second-order valence-corrected chi connectivity index (χ2v) is 7.93. The van der Waals surface area contributed by atoms with Crippen LogP contribution in [0.5, 0.6) is 5.75 Å². The third-order valence-electron chi connectivity index (χ3n) is 5.52. The number of furan rings is 1. The Morgan fingerprint density at radius 1 is 1.03 bits per heavy atom. The highest BCUT2D eigenvalue weighted by Crippen LogP contribution is 2.33. The minimum Gasteiger partial charge on any atom is -0.497 e. The Balaban J connectivity index is 1.62. The molecule has 2 amide bonds. The van der Waals surface area contributed by atoms with Crippen molar-refractivity contribution < 1.29 is 36.7 Å². The molecule has 1 aliphatic heterocycles. The van der Waals surface area contributed by atoms with Gasteiger partial charge in [-0.2, -0.15) is 13.2 Å². The first-order valence-electron chi connectivity index (χ1n) is 11.1. The smallest absolute Gasteiger partial charge is 0.416 e. The highest BCUT2D eigenvalue weighted by molar-refractivity contribution is 6.05. The lowest BCUT2D eigenvalue weighted by Crippen LogP contribution is -2.44. The van der Waals surface area contributed by atoms with Gasteiger partial charge in [-0.25, -0.2) is 0 Å². The minimum absolute atomic E-state index is 0.0392. The molecule has 4 rings (SSSR count). The van der Waals surface area contributed by atoms with Crippen molar-refractivity contribution in [2.45, 2.75) is 6.18 Å². The molecule has 2 heterocycles. The van der Waals surface area contributed by atoms with Crippen LogP contribution in [0.2, 0.25) is 0 Å². The van der Waals surface area contributed by atoms with Crippen molar-refractivity contribution in [2.24, 2.45) is 0 Å². The number of carbonyl (C=O) groups is 2. The van der Waals surface area contributed by atoms with E-state index >= 15 is 0 Å². The molecule has 3 aromatic rings. The maximum Gasteiger partial charge on any atom is 0.416 e. The van der Waals surface area contributed by atoms with Crippen LogP contribution in [0.4, 0.5) is 13.2 Å².